The van der Waals surface area contributed by atoms with E-state index in [-0.39, 0.29) is 14.5 Å². The van der Waals surface area contributed by atoms with Gasteiger partial charge in [0.15, 0.2) is 0 Å². The molecular weight excluding hydrogens is 696 g/mol. The van der Waals surface area contributed by atoms with Crippen LogP contribution in [-0.2, 0) is 0 Å². The molecule has 0 bridgehead atoms. The minimum absolute atomic E-state index is 0.201. The predicted octanol–water partition coefficient (Wildman–Crippen LogP) is 12.0. The van der Waals surface area contributed by atoms with E-state index in [1.54, 1.807) is 0 Å². The molecule has 0 atom stereocenters. The van der Waals surface area contributed by atoms with E-state index in [1.807, 2.05) is 47.7 Å². The maximum absolute atomic E-state index is 9.68. The molecule has 0 saturated carbocycles. The van der Waals surface area contributed by atoms with E-state index in [9.17, 15) is 5.26 Å². The van der Waals surface area contributed by atoms with Crippen LogP contribution in [-0.4, -0.2) is 23.6 Å². The Morgan fingerprint density at radius 1 is 0.560 bits per heavy atom. The Hall–Kier alpha value is -6.14. The summed E-state index contributed by atoms with van der Waals surface area (Å²) in [5.41, 5.74) is 7.96. The molecule has 6 heteroatoms. The summed E-state index contributed by atoms with van der Waals surface area (Å²) in [5, 5.41) is 19.4. The van der Waals surface area contributed by atoms with E-state index in [1.165, 1.54) is 67.0 Å². The number of para-hydroxylation sites is 1. The SMILES string of the molecule is [C-]#[N+]c1ccc2c(c1)c1cc(C#N)ccc1n2-c1ccc2[se]c3ccc(-n4c5ccccc5c5ccc6sc7ccccc7c6c54)cc3c2c1. The van der Waals surface area contributed by atoms with Crippen LogP contribution >= 0.6 is 11.3 Å². The van der Waals surface area contributed by atoms with Crippen molar-refractivity contribution in [3.63, 3.8) is 0 Å². The molecule has 4 nitrogen and oxygen atoms in total. The average Bonchev–Trinajstić information content (AvgIpc) is 3.91. The Morgan fingerprint density at radius 3 is 2.02 bits per heavy atom. The summed E-state index contributed by atoms with van der Waals surface area (Å²) in [6, 6.07) is 50.1. The first-order chi connectivity index (χ1) is 24.7. The van der Waals surface area contributed by atoms with Crippen LogP contribution in [0.15, 0.2) is 133 Å². The number of benzene rings is 7. The van der Waals surface area contributed by atoms with Crippen molar-refractivity contribution in [3.05, 3.63) is 150 Å². The molecule has 0 spiro atoms. The third-order valence-electron chi connectivity index (χ3n) is 10.1. The summed E-state index contributed by atoms with van der Waals surface area (Å²) in [6.45, 7) is 7.62. The number of aromatic nitrogens is 2. The quantitative estimate of drug-likeness (QED) is 0.130. The van der Waals surface area contributed by atoms with Crippen LogP contribution in [0.3, 0.4) is 0 Å². The summed E-state index contributed by atoms with van der Waals surface area (Å²) < 4.78 is 10.1. The molecule has 0 aliphatic heterocycles. The number of fused-ring (bicyclic) bond motifs is 13. The van der Waals surface area contributed by atoms with Crippen molar-refractivity contribution < 1.29 is 0 Å². The molecule has 11 rings (SSSR count). The molecule has 4 heterocycles. The molecule has 7 aromatic carbocycles. The van der Waals surface area contributed by atoms with Gasteiger partial charge in [-0.05, 0) is 0 Å². The molecule has 0 fully saturated rings. The first-order valence-electron chi connectivity index (χ1n) is 16.3. The fourth-order valence-corrected chi connectivity index (χ4v) is 11.3. The number of rotatable bonds is 2. The van der Waals surface area contributed by atoms with Crippen LogP contribution in [0.5, 0.6) is 0 Å². The number of nitrogens with zero attached hydrogens (tertiary/aromatic N) is 4. The van der Waals surface area contributed by atoms with Crippen molar-refractivity contribution in [2.24, 2.45) is 0 Å². The second-order valence-electron chi connectivity index (χ2n) is 12.7. The van der Waals surface area contributed by atoms with Crippen molar-refractivity contribution >= 4 is 115 Å². The Morgan fingerprint density at radius 2 is 1.24 bits per heavy atom. The number of nitriles is 1. The van der Waals surface area contributed by atoms with E-state index in [0.29, 0.717) is 11.3 Å². The number of hydrogen-bond donors (Lipinski definition) is 0. The van der Waals surface area contributed by atoms with Gasteiger partial charge in [-0.1, -0.05) is 0 Å². The van der Waals surface area contributed by atoms with Gasteiger partial charge in [-0.2, -0.15) is 0 Å². The van der Waals surface area contributed by atoms with E-state index in [4.69, 9.17) is 6.57 Å². The molecule has 11 aromatic rings. The van der Waals surface area contributed by atoms with Gasteiger partial charge in [-0.3, -0.25) is 0 Å². The van der Waals surface area contributed by atoms with E-state index in [0.717, 1.165) is 27.5 Å². The van der Waals surface area contributed by atoms with Crippen LogP contribution in [0.2, 0.25) is 0 Å². The minimum atomic E-state index is 0.201. The number of thiophene rings is 1. The van der Waals surface area contributed by atoms with Gasteiger partial charge in [0.1, 0.15) is 0 Å². The Labute approximate surface area is 295 Å². The van der Waals surface area contributed by atoms with Crippen molar-refractivity contribution in [1.29, 1.82) is 5.26 Å². The fraction of sp³-hybridized carbons (Fsp3) is 0. The zero-order valence-electron chi connectivity index (χ0n) is 26.3. The van der Waals surface area contributed by atoms with E-state index in [2.05, 4.69) is 117 Å². The standard InChI is InChI=1S/C44H22N4SSe/c1-46-26-11-16-38-33(21-26)32-20-25(24-45)10-15-37(32)47(38)27-12-18-41-34(22-27)35-23-28(13-19-42(35)50-41)48-36-8-4-2-6-29(36)30-14-17-40-43(44(30)48)31-7-3-5-9-39(31)49-40/h2-23H. The van der Waals surface area contributed by atoms with Crippen molar-refractivity contribution in [1.82, 2.24) is 9.13 Å². The van der Waals surface area contributed by atoms with Gasteiger partial charge in [0.25, 0.3) is 0 Å². The normalized spacial score (nSPS) is 12.0. The third kappa shape index (κ3) is 3.73. The van der Waals surface area contributed by atoms with Gasteiger partial charge in [-0.25, -0.2) is 0 Å². The summed E-state index contributed by atoms with van der Waals surface area (Å²) in [6.07, 6.45) is 0. The molecule has 0 radical (unpaired) electrons. The second kappa shape index (κ2) is 10.2. The Balaban J connectivity index is 1.19. The predicted molar refractivity (Wildman–Crippen MR) is 211 cm³/mol. The van der Waals surface area contributed by atoms with E-state index < -0.39 is 0 Å². The zero-order chi connectivity index (χ0) is 33.1. The zero-order valence-corrected chi connectivity index (χ0v) is 28.8. The van der Waals surface area contributed by atoms with Gasteiger partial charge in [0.2, 0.25) is 0 Å². The van der Waals surface area contributed by atoms with Gasteiger partial charge in [-0.15, -0.1) is 0 Å². The van der Waals surface area contributed by atoms with Crippen LogP contribution < -0.4 is 0 Å². The molecular formula is C44H22N4SSe. The molecule has 0 aliphatic carbocycles. The van der Waals surface area contributed by atoms with Crippen LogP contribution in [0, 0.1) is 17.9 Å². The third-order valence-corrected chi connectivity index (χ3v) is 13.7. The molecule has 0 aliphatic rings. The Bertz CT molecular complexity index is 3290. The monoisotopic (exact) mass is 718 g/mol. The van der Waals surface area contributed by atoms with Gasteiger partial charge in [0, 0.05) is 0 Å². The Kier molecular flexibility index (Phi) is 5.66. The van der Waals surface area contributed by atoms with Gasteiger partial charge in [0.05, 0.1) is 0 Å². The first-order valence-corrected chi connectivity index (χ1v) is 18.9. The van der Waals surface area contributed by atoms with E-state index >= 15 is 0 Å². The van der Waals surface area contributed by atoms with Crippen molar-refractivity contribution in [2.75, 3.05) is 0 Å². The van der Waals surface area contributed by atoms with Crippen molar-refractivity contribution in [3.8, 4) is 17.4 Å². The molecule has 4 aromatic heterocycles. The van der Waals surface area contributed by atoms with Gasteiger partial charge < -0.3 is 0 Å². The molecule has 230 valence electrons. The fourth-order valence-electron chi connectivity index (χ4n) is 7.99. The van der Waals surface area contributed by atoms with Crippen molar-refractivity contribution in [2.45, 2.75) is 0 Å². The topological polar surface area (TPSA) is 38.0 Å². The van der Waals surface area contributed by atoms with Crippen LogP contribution in [0.25, 0.3) is 99.3 Å². The summed E-state index contributed by atoms with van der Waals surface area (Å²) in [7, 11) is 0. The maximum atomic E-state index is 9.68. The molecule has 50 heavy (non-hydrogen) atoms. The molecule has 0 unspecified atom stereocenters. The molecule has 0 amide bonds. The summed E-state index contributed by atoms with van der Waals surface area (Å²) in [5.74, 6) is 0. The average molecular weight is 718 g/mol. The van der Waals surface area contributed by atoms with Crippen LogP contribution in [0.1, 0.15) is 5.56 Å². The molecule has 0 N–H and O–H groups in total. The number of hydrogen-bond acceptors (Lipinski definition) is 2. The van der Waals surface area contributed by atoms with Crippen LogP contribution in [0.4, 0.5) is 5.69 Å². The van der Waals surface area contributed by atoms with Gasteiger partial charge >= 0.3 is 297 Å². The first kappa shape index (κ1) is 27.8. The summed E-state index contributed by atoms with van der Waals surface area (Å²) >= 11 is 2.06. The molecule has 0 saturated heterocycles. The second-order valence-corrected chi connectivity index (χ2v) is 16.1. The summed E-state index contributed by atoms with van der Waals surface area (Å²) in [4.78, 5) is 3.70.